The van der Waals surface area contributed by atoms with Crippen molar-refractivity contribution >= 4 is 23.2 Å². The van der Waals surface area contributed by atoms with Crippen molar-refractivity contribution in [3.63, 3.8) is 0 Å². The zero-order valence-electron chi connectivity index (χ0n) is 23.6. The molecule has 12 heteroatoms. The van der Waals surface area contributed by atoms with Gasteiger partial charge in [0.25, 0.3) is 5.91 Å². The molecule has 1 aliphatic carbocycles. The Morgan fingerprint density at radius 1 is 1.20 bits per heavy atom. The predicted molar refractivity (Wildman–Crippen MR) is 147 cm³/mol. The van der Waals surface area contributed by atoms with Gasteiger partial charge in [-0.1, -0.05) is 25.1 Å². The van der Waals surface area contributed by atoms with Gasteiger partial charge in [-0.2, -0.15) is 17.6 Å². The van der Waals surface area contributed by atoms with E-state index < -0.39 is 30.7 Å². The Morgan fingerprint density at radius 3 is 2.51 bits per heavy atom. The number of halogens is 4. The number of benzene rings is 1. The number of ether oxygens (including phenoxy) is 1. The number of fused-ring (bicyclic) bond motifs is 1. The Balaban J connectivity index is 1.72. The van der Waals surface area contributed by atoms with Crippen LogP contribution >= 0.6 is 0 Å². The van der Waals surface area contributed by atoms with Gasteiger partial charge in [-0.25, -0.2) is 5.01 Å². The number of amides is 1. The quantitative estimate of drug-likeness (QED) is 0.369. The van der Waals surface area contributed by atoms with Crippen LogP contribution in [-0.4, -0.2) is 76.0 Å². The number of aliphatic imine (C=N–C) groups is 1. The fourth-order valence-corrected chi connectivity index (χ4v) is 4.34. The van der Waals surface area contributed by atoms with Gasteiger partial charge in [-0.05, 0) is 63.6 Å². The summed E-state index contributed by atoms with van der Waals surface area (Å²) in [6.07, 6.45) is 6.19. The van der Waals surface area contributed by atoms with Gasteiger partial charge in [0.2, 0.25) is 5.90 Å². The van der Waals surface area contributed by atoms with E-state index in [-0.39, 0.29) is 36.7 Å². The van der Waals surface area contributed by atoms with Crippen LogP contribution in [0.4, 0.5) is 17.6 Å². The number of aliphatic hydroxyl groups is 2. The first-order valence-corrected chi connectivity index (χ1v) is 13.6. The average Bonchev–Trinajstić information content (AvgIpc) is 3.72. The summed E-state index contributed by atoms with van der Waals surface area (Å²) in [5.41, 5.74) is 2.28. The number of allylic oxidation sites excluding steroid dienone is 3. The van der Waals surface area contributed by atoms with Crippen LogP contribution in [0.1, 0.15) is 67.9 Å². The summed E-state index contributed by atoms with van der Waals surface area (Å²) < 4.78 is 60.7. The number of rotatable bonds is 9. The van der Waals surface area contributed by atoms with Crippen LogP contribution in [-0.2, 0) is 4.74 Å². The number of hydrazone groups is 1. The van der Waals surface area contributed by atoms with Gasteiger partial charge in [0.15, 0.2) is 6.61 Å². The molecule has 2 heterocycles. The van der Waals surface area contributed by atoms with Crippen LogP contribution in [0.15, 0.2) is 46.1 Å². The molecule has 0 saturated heterocycles. The van der Waals surface area contributed by atoms with Gasteiger partial charge < -0.3 is 20.3 Å². The maximum atomic E-state index is 14.2. The number of nitrogens with one attached hydrogen (secondary N) is 1. The van der Waals surface area contributed by atoms with E-state index in [2.05, 4.69) is 15.4 Å². The molecule has 2 aliphatic heterocycles. The normalized spacial score (nSPS) is 21.0. The van der Waals surface area contributed by atoms with Gasteiger partial charge >= 0.3 is 11.8 Å². The predicted octanol–water partition coefficient (Wildman–Crippen LogP) is 4.66. The van der Waals surface area contributed by atoms with Crippen molar-refractivity contribution in [2.45, 2.75) is 76.9 Å². The van der Waals surface area contributed by atoms with E-state index >= 15 is 0 Å². The summed E-state index contributed by atoms with van der Waals surface area (Å²) in [6, 6.07) is 5.52. The number of alkyl halides is 4. The molecule has 1 fully saturated rings. The minimum Gasteiger partial charge on any atom is -0.473 e. The molecule has 3 N–H and O–H groups in total. The van der Waals surface area contributed by atoms with Crippen molar-refractivity contribution in [2.24, 2.45) is 16.0 Å². The number of hydrogen-bond donors (Lipinski definition) is 3. The molecule has 0 radical (unpaired) electrons. The highest BCUT2D eigenvalue weighted by molar-refractivity contribution is 6.12. The third-order valence-electron chi connectivity index (χ3n) is 6.90. The number of aryl methyl sites for hydroxylation is 1. The van der Waals surface area contributed by atoms with Gasteiger partial charge in [0, 0.05) is 17.2 Å². The van der Waals surface area contributed by atoms with Crippen LogP contribution in [0.25, 0.3) is 5.70 Å². The Labute approximate surface area is 236 Å². The van der Waals surface area contributed by atoms with E-state index in [1.807, 2.05) is 32.1 Å². The van der Waals surface area contributed by atoms with Gasteiger partial charge in [0.05, 0.1) is 35.7 Å². The van der Waals surface area contributed by atoms with Gasteiger partial charge in [0.1, 0.15) is 6.61 Å². The lowest BCUT2D eigenvalue weighted by Crippen LogP contribution is -2.47. The highest BCUT2D eigenvalue weighted by Gasteiger charge is 2.56. The first-order chi connectivity index (χ1) is 19.1. The summed E-state index contributed by atoms with van der Waals surface area (Å²) in [4.78, 5) is 17.2. The number of carbonyl (C=O) groups is 1. The van der Waals surface area contributed by atoms with E-state index in [1.165, 1.54) is 5.01 Å². The summed E-state index contributed by atoms with van der Waals surface area (Å²) in [7, 11) is 0. The van der Waals surface area contributed by atoms with E-state index in [9.17, 15) is 27.5 Å². The van der Waals surface area contributed by atoms with Crippen molar-refractivity contribution in [1.29, 1.82) is 0 Å². The third kappa shape index (κ3) is 7.34. The van der Waals surface area contributed by atoms with E-state index in [1.54, 1.807) is 26.0 Å². The molecule has 0 aromatic heterocycles. The zero-order chi connectivity index (χ0) is 30.2. The van der Waals surface area contributed by atoms with Crippen LogP contribution in [0, 0.1) is 12.8 Å². The largest absolute Gasteiger partial charge is 0.473 e. The number of hydrogen-bond acceptors (Lipinski definition) is 7. The highest BCUT2D eigenvalue weighted by Crippen LogP contribution is 2.37. The van der Waals surface area contributed by atoms with E-state index in [4.69, 9.17) is 9.84 Å². The van der Waals surface area contributed by atoms with Crippen molar-refractivity contribution < 1.29 is 37.3 Å². The lowest BCUT2D eigenvalue weighted by Gasteiger charge is -2.32. The molecule has 0 spiro atoms. The third-order valence-corrected chi connectivity index (χ3v) is 6.90. The molecule has 0 bridgehead atoms. The molecule has 1 amide bonds. The van der Waals surface area contributed by atoms with Crippen molar-refractivity contribution in [1.82, 2.24) is 10.3 Å². The molecule has 8 nitrogen and oxygen atoms in total. The molecule has 41 heavy (non-hydrogen) atoms. The molecule has 1 saturated carbocycles. The van der Waals surface area contributed by atoms with Crippen LogP contribution in [0.5, 0.6) is 0 Å². The second-order valence-electron chi connectivity index (χ2n) is 11.5. The van der Waals surface area contributed by atoms with Crippen LogP contribution in [0.3, 0.4) is 0 Å². The molecule has 1 aromatic carbocycles. The van der Waals surface area contributed by atoms with Crippen molar-refractivity contribution in [3.05, 3.63) is 52.7 Å². The number of nitrogens with zero attached hydrogens (tertiary/aromatic N) is 3. The monoisotopic (exact) mass is 580 g/mol. The fourth-order valence-electron chi connectivity index (χ4n) is 4.34. The smallest absolute Gasteiger partial charge is 0.345 e. The van der Waals surface area contributed by atoms with Crippen molar-refractivity contribution in [2.75, 3.05) is 19.8 Å². The molecular weight excluding hydrogens is 544 g/mol. The summed E-state index contributed by atoms with van der Waals surface area (Å²) >= 11 is 0. The SMILES string of the molecule is Cc1cc(C2=CC(C)CC=C3C(=NCC(C)(C)O)CC(OCC(F)(F)C(F)(F)CO)=NN32)ccc1C(=O)NC1CC1. The first kappa shape index (κ1) is 30.7. The molecule has 224 valence electrons. The van der Waals surface area contributed by atoms with Gasteiger partial charge in [-0.3, -0.25) is 9.79 Å². The zero-order valence-corrected chi connectivity index (χ0v) is 23.6. The second kappa shape index (κ2) is 11.6. The van der Waals surface area contributed by atoms with Crippen LogP contribution < -0.4 is 5.32 Å². The standard InChI is InChI=1S/C29H36F4N4O4/c1-17-5-10-23-22(34-14-27(3,4)40)13-25(41-16-29(32,33)28(30,31)15-38)36-37(23)24(11-17)19-6-9-21(18(2)12-19)26(39)35-20-7-8-20/h6,9-12,17,20,38,40H,5,7-8,13-16H2,1-4H3,(H,35,39). The minimum absolute atomic E-state index is 0.0158. The number of carbonyl (C=O) groups excluding carboxylic acids is 1. The Kier molecular flexibility index (Phi) is 8.65. The fraction of sp³-hybridized carbons (Fsp3) is 0.552. The Morgan fingerprint density at radius 2 is 1.90 bits per heavy atom. The second-order valence-corrected chi connectivity index (χ2v) is 11.5. The average molecular weight is 581 g/mol. The molecule has 4 rings (SSSR count). The van der Waals surface area contributed by atoms with Crippen molar-refractivity contribution in [3.8, 4) is 0 Å². The lowest BCUT2D eigenvalue weighted by molar-refractivity contribution is -0.237. The molecule has 1 atom stereocenters. The van der Waals surface area contributed by atoms with Gasteiger partial charge in [-0.15, -0.1) is 5.10 Å². The Bertz CT molecular complexity index is 1300. The first-order valence-electron chi connectivity index (χ1n) is 13.6. The Hall–Kier alpha value is -3.25. The minimum atomic E-state index is -4.68. The van der Waals surface area contributed by atoms with E-state index in [0.717, 1.165) is 18.4 Å². The lowest BCUT2D eigenvalue weighted by atomic mass is 10.00. The molecule has 3 aliphatic rings. The summed E-state index contributed by atoms with van der Waals surface area (Å²) in [6.45, 7) is 3.19. The molecular formula is C29H36F4N4O4. The topological polar surface area (TPSA) is 107 Å². The summed E-state index contributed by atoms with van der Waals surface area (Å²) in [5.74, 6) is -9.73. The van der Waals surface area contributed by atoms with E-state index in [0.29, 0.717) is 34.7 Å². The molecule has 1 unspecified atom stereocenters. The molecule has 1 aromatic rings. The number of aliphatic hydroxyl groups excluding tert-OH is 1. The maximum Gasteiger partial charge on any atom is 0.345 e. The van der Waals surface area contributed by atoms with Crippen LogP contribution in [0.2, 0.25) is 0 Å². The maximum absolute atomic E-state index is 14.2. The summed E-state index contributed by atoms with van der Waals surface area (Å²) in [5, 5.41) is 27.9. The highest BCUT2D eigenvalue weighted by atomic mass is 19.3.